The second-order valence-electron chi connectivity index (χ2n) is 2.92. The van der Waals surface area contributed by atoms with Crippen LogP contribution in [0.4, 0.5) is 0 Å². The Labute approximate surface area is 85.4 Å². The third-order valence-electron chi connectivity index (χ3n) is 1.88. The lowest BCUT2D eigenvalue weighted by Gasteiger charge is -2.08. The predicted molar refractivity (Wildman–Crippen MR) is 60.3 cm³/mol. The first-order valence-corrected chi connectivity index (χ1v) is 4.68. The number of hydrogen-bond donors (Lipinski definition) is 0. The number of rotatable bonds is 4. The van der Waals surface area contributed by atoms with Crippen molar-refractivity contribution >= 4 is 6.08 Å². The van der Waals surface area contributed by atoms with E-state index in [0.29, 0.717) is 6.61 Å². The van der Waals surface area contributed by atoms with Crippen LogP contribution >= 0.6 is 0 Å². The van der Waals surface area contributed by atoms with Gasteiger partial charge in [0, 0.05) is 0 Å². The van der Waals surface area contributed by atoms with Crippen molar-refractivity contribution in [1.29, 1.82) is 0 Å². The van der Waals surface area contributed by atoms with Gasteiger partial charge in [0.1, 0.15) is 5.75 Å². The van der Waals surface area contributed by atoms with Crippen LogP contribution < -0.4 is 4.74 Å². The first-order chi connectivity index (χ1) is 6.83. The van der Waals surface area contributed by atoms with E-state index in [1.807, 2.05) is 18.2 Å². The second kappa shape index (κ2) is 5.14. The molecule has 1 heteroatoms. The normalized spacial score (nSPS) is 9.14. The van der Waals surface area contributed by atoms with Crippen molar-refractivity contribution in [3.05, 3.63) is 35.9 Å². The molecule has 0 aliphatic heterocycles. The zero-order chi connectivity index (χ0) is 10.4. The van der Waals surface area contributed by atoms with Crippen molar-refractivity contribution in [2.24, 2.45) is 0 Å². The Morgan fingerprint density at radius 3 is 2.93 bits per heavy atom. The smallest absolute Gasteiger partial charge is 0.135 e. The zero-order valence-electron chi connectivity index (χ0n) is 8.42. The molecule has 0 unspecified atom stereocenters. The van der Waals surface area contributed by atoms with E-state index in [2.05, 4.69) is 19.4 Å². The van der Waals surface area contributed by atoms with Crippen LogP contribution in [0.3, 0.4) is 0 Å². The number of terminal acetylenes is 1. The highest BCUT2D eigenvalue weighted by Gasteiger charge is 2.03. The summed E-state index contributed by atoms with van der Waals surface area (Å²) < 4.78 is 5.53. The van der Waals surface area contributed by atoms with Crippen molar-refractivity contribution in [2.75, 3.05) is 6.61 Å². The molecule has 72 valence electrons. The van der Waals surface area contributed by atoms with Crippen LogP contribution in [0.15, 0.2) is 24.8 Å². The SMILES string of the molecule is C#Cc1c(C=C)cccc1OCCC. The number of benzene rings is 1. The van der Waals surface area contributed by atoms with Gasteiger partial charge >= 0.3 is 0 Å². The van der Waals surface area contributed by atoms with Crippen LogP contribution in [-0.4, -0.2) is 6.61 Å². The van der Waals surface area contributed by atoms with E-state index in [-0.39, 0.29) is 0 Å². The molecule has 0 radical (unpaired) electrons. The standard InChI is InChI=1S/C13H14O/c1-4-10-14-13-9-7-8-11(5-2)12(13)6-3/h3,5,7-9H,2,4,10H2,1H3. The lowest BCUT2D eigenvalue weighted by Crippen LogP contribution is -1.98. The Bertz CT molecular complexity index is 358. The second-order valence-corrected chi connectivity index (χ2v) is 2.92. The van der Waals surface area contributed by atoms with E-state index >= 15 is 0 Å². The molecule has 1 rings (SSSR count). The molecular weight excluding hydrogens is 172 g/mol. The van der Waals surface area contributed by atoms with E-state index in [4.69, 9.17) is 11.2 Å². The summed E-state index contributed by atoms with van der Waals surface area (Å²) in [6.07, 6.45) is 8.14. The van der Waals surface area contributed by atoms with Crippen LogP contribution in [0.5, 0.6) is 5.75 Å². The molecule has 0 saturated carbocycles. The highest BCUT2D eigenvalue weighted by atomic mass is 16.5. The fraction of sp³-hybridized carbons (Fsp3) is 0.231. The molecule has 0 heterocycles. The van der Waals surface area contributed by atoms with Gasteiger partial charge in [-0.25, -0.2) is 0 Å². The first-order valence-electron chi connectivity index (χ1n) is 4.68. The van der Waals surface area contributed by atoms with Gasteiger partial charge in [0.25, 0.3) is 0 Å². The molecule has 0 saturated heterocycles. The molecular formula is C13H14O. The molecule has 1 aromatic carbocycles. The van der Waals surface area contributed by atoms with Crippen LogP contribution in [0.1, 0.15) is 24.5 Å². The maximum Gasteiger partial charge on any atom is 0.135 e. The van der Waals surface area contributed by atoms with Crippen LogP contribution in [0, 0.1) is 12.3 Å². The third kappa shape index (κ3) is 2.17. The summed E-state index contributed by atoms with van der Waals surface area (Å²) >= 11 is 0. The van der Waals surface area contributed by atoms with Gasteiger partial charge in [-0.05, 0) is 18.1 Å². The minimum absolute atomic E-state index is 0.690. The summed E-state index contributed by atoms with van der Waals surface area (Å²) in [7, 11) is 0. The summed E-state index contributed by atoms with van der Waals surface area (Å²) in [5.41, 5.74) is 1.73. The Morgan fingerprint density at radius 2 is 2.36 bits per heavy atom. The van der Waals surface area contributed by atoms with E-state index in [0.717, 1.165) is 23.3 Å². The fourth-order valence-electron chi connectivity index (χ4n) is 1.20. The molecule has 0 atom stereocenters. The minimum atomic E-state index is 0.690. The Hall–Kier alpha value is -1.68. The molecule has 0 aliphatic rings. The summed E-state index contributed by atoms with van der Waals surface area (Å²) in [6, 6.07) is 5.74. The van der Waals surface area contributed by atoms with Crippen molar-refractivity contribution in [1.82, 2.24) is 0 Å². The Balaban J connectivity index is 3.04. The van der Waals surface area contributed by atoms with E-state index in [1.165, 1.54) is 0 Å². The molecule has 0 fully saturated rings. The molecule has 0 aliphatic carbocycles. The summed E-state index contributed by atoms with van der Waals surface area (Å²) in [5, 5.41) is 0. The van der Waals surface area contributed by atoms with Gasteiger partial charge < -0.3 is 4.74 Å². The van der Waals surface area contributed by atoms with Gasteiger partial charge in [0.05, 0.1) is 12.2 Å². The predicted octanol–water partition coefficient (Wildman–Crippen LogP) is 3.10. The molecule has 1 nitrogen and oxygen atoms in total. The maximum absolute atomic E-state index is 5.53. The largest absolute Gasteiger partial charge is 0.492 e. The Morgan fingerprint density at radius 1 is 1.57 bits per heavy atom. The van der Waals surface area contributed by atoms with Crippen LogP contribution in [0.25, 0.3) is 6.08 Å². The molecule has 14 heavy (non-hydrogen) atoms. The van der Waals surface area contributed by atoms with Crippen molar-refractivity contribution in [3.8, 4) is 18.1 Å². The highest BCUT2D eigenvalue weighted by Crippen LogP contribution is 2.22. The average molecular weight is 186 g/mol. The fourth-order valence-corrected chi connectivity index (χ4v) is 1.20. The average Bonchev–Trinajstić information content (AvgIpc) is 2.25. The Kier molecular flexibility index (Phi) is 3.82. The van der Waals surface area contributed by atoms with E-state index in [1.54, 1.807) is 6.08 Å². The highest BCUT2D eigenvalue weighted by molar-refractivity contribution is 5.62. The summed E-state index contributed by atoms with van der Waals surface area (Å²) in [6.45, 7) is 6.46. The maximum atomic E-state index is 5.53. The minimum Gasteiger partial charge on any atom is -0.492 e. The van der Waals surface area contributed by atoms with Gasteiger partial charge in [-0.15, -0.1) is 6.42 Å². The molecule has 1 aromatic rings. The van der Waals surface area contributed by atoms with Crippen LogP contribution in [-0.2, 0) is 0 Å². The quantitative estimate of drug-likeness (QED) is 0.656. The number of ether oxygens (including phenoxy) is 1. The van der Waals surface area contributed by atoms with E-state index < -0.39 is 0 Å². The van der Waals surface area contributed by atoms with Gasteiger partial charge in [-0.3, -0.25) is 0 Å². The number of hydrogen-bond acceptors (Lipinski definition) is 1. The van der Waals surface area contributed by atoms with Gasteiger partial charge in [0.15, 0.2) is 0 Å². The topological polar surface area (TPSA) is 9.23 Å². The van der Waals surface area contributed by atoms with Crippen LogP contribution in [0.2, 0.25) is 0 Å². The third-order valence-corrected chi connectivity index (χ3v) is 1.88. The first kappa shape index (κ1) is 10.4. The van der Waals surface area contributed by atoms with Gasteiger partial charge in [-0.2, -0.15) is 0 Å². The van der Waals surface area contributed by atoms with E-state index in [9.17, 15) is 0 Å². The van der Waals surface area contributed by atoms with Crippen molar-refractivity contribution in [2.45, 2.75) is 13.3 Å². The molecule has 0 bridgehead atoms. The molecule has 0 amide bonds. The van der Waals surface area contributed by atoms with Gasteiger partial charge in [0.2, 0.25) is 0 Å². The summed E-state index contributed by atoms with van der Waals surface area (Å²) in [5.74, 6) is 3.40. The molecule has 0 N–H and O–H groups in total. The monoisotopic (exact) mass is 186 g/mol. The van der Waals surface area contributed by atoms with Crippen molar-refractivity contribution in [3.63, 3.8) is 0 Å². The molecule has 0 spiro atoms. The zero-order valence-corrected chi connectivity index (χ0v) is 8.42. The molecule has 0 aromatic heterocycles. The lowest BCUT2D eigenvalue weighted by atomic mass is 10.1. The van der Waals surface area contributed by atoms with Crippen molar-refractivity contribution < 1.29 is 4.74 Å². The van der Waals surface area contributed by atoms with Gasteiger partial charge in [-0.1, -0.05) is 37.6 Å². The lowest BCUT2D eigenvalue weighted by molar-refractivity contribution is 0.316. The summed E-state index contributed by atoms with van der Waals surface area (Å²) in [4.78, 5) is 0.